The summed E-state index contributed by atoms with van der Waals surface area (Å²) in [5.74, 6) is -0.965. The molecule has 0 aliphatic heterocycles. The minimum absolute atomic E-state index is 0.0695. The van der Waals surface area contributed by atoms with E-state index < -0.39 is 22.1 Å². The molecule has 2 rings (SSSR count). The second kappa shape index (κ2) is 9.85. The van der Waals surface area contributed by atoms with E-state index in [0.29, 0.717) is 0 Å². The van der Waals surface area contributed by atoms with Crippen LogP contribution in [0.25, 0.3) is 0 Å². The van der Waals surface area contributed by atoms with Crippen molar-refractivity contribution in [2.45, 2.75) is 69.4 Å². The van der Waals surface area contributed by atoms with Crippen LogP contribution in [-0.2, 0) is 19.6 Å². The van der Waals surface area contributed by atoms with Crippen molar-refractivity contribution >= 4 is 21.9 Å². The van der Waals surface area contributed by atoms with Gasteiger partial charge in [-0.2, -0.15) is 0 Å². The fraction of sp³-hybridized carbons (Fsp3) is 0.579. The fourth-order valence-corrected chi connectivity index (χ4v) is 4.11. The third-order valence-electron chi connectivity index (χ3n) is 4.59. The molecule has 1 aliphatic carbocycles. The number of esters is 1. The highest BCUT2D eigenvalue weighted by Gasteiger charge is 2.23. The van der Waals surface area contributed by atoms with Crippen molar-refractivity contribution < 1.29 is 22.7 Å². The number of hydrogen-bond acceptors (Lipinski definition) is 5. The summed E-state index contributed by atoms with van der Waals surface area (Å²) < 4.78 is 31.4. The Kier molecular flexibility index (Phi) is 7.79. The number of benzene rings is 1. The van der Waals surface area contributed by atoms with E-state index >= 15 is 0 Å². The van der Waals surface area contributed by atoms with E-state index in [9.17, 15) is 18.0 Å². The average Bonchev–Trinajstić information content (AvgIpc) is 2.90. The Labute approximate surface area is 160 Å². The highest BCUT2D eigenvalue weighted by molar-refractivity contribution is 7.89. The summed E-state index contributed by atoms with van der Waals surface area (Å²) >= 11 is 0. The molecular weight excluding hydrogens is 368 g/mol. The molecule has 0 unspecified atom stereocenters. The molecule has 8 heteroatoms. The van der Waals surface area contributed by atoms with E-state index in [2.05, 4.69) is 10.0 Å². The van der Waals surface area contributed by atoms with Crippen molar-refractivity contribution in [3.05, 3.63) is 29.8 Å². The SMILES string of the molecule is CCNS(=O)(=O)c1ccc(C(=O)O[C@H](C)C(=O)NC2CCCCCC2)cc1. The smallest absolute Gasteiger partial charge is 0.338 e. The summed E-state index contributed by atoms with van der Waals surface area (Å²) in [5, 5.41) is 2.95. The molecule has 0 heterocycles. The largest absolute Gasteiger partial charge is 0.449 e. The minimum Gasteiger partial charge on any atom is -0.449 e. The zero-order valence-corrected chi connectivity index (χ0v) is 16.7. The first kappa shape index (κ1) is 21.4. The van der Waals surface area contributed by atoms with Crippen molar-refractivity contribution in [3.8, 4) is 0 Å². The van der Waals surface area contributed by atoms with Crippen molar-refractivity contribution in [3.63, 3.8) is 0 Å². The Morgan fingerprint density at radius 3 is 2.26 bits per heavy atom. The molecular formula is C19H28N2O5S. The normalized spacial score (nSPS) is 17.0. The minimum atomic E-state index is -3.57. The van der Waals surface area contributed by atoms with E-state index in [4.69, 9.17) is 4.74 Å². The molecule has 0 saturated heterocycles. The first-order valence-electron chi connectivity index (χ1n) is 9.44. The first-order chi connectivity index (χ1) is 12.8. The summed E-state index contributed by atoms with van der Waals surface area (Å²) in [6, 6.07) is 5.57. The van der Waals surface area contributed by atoms with Gasteiger partial charge in [-0.15, -0.1) is 0 Å². The number of hydrogen-bond donors (Lipinski definition) is 2. The Morgan fingerprint density at radius 2 is 1.70 bits per heavy atom. The van der Waals surface area contributed by atoms with Gasteiger partial charge in [0.25, 0.3) is 5.91 Å². The fourth-order valence-electron chi connectivity index (χ4n) is 3.07. The Balaban J connectivity index is 1.92. The van der Waals surface area contributed by atoms with Gasteiger partial charge >= 0.3 is 5.97 Å². The molecule has 1 aromatic carbocycles. The molecule has 1 aliphatic rings. The zero-order chi connectivity index (χ0) is 19.9. The molecule has 1 amide bonds. The lowest BCUT2D eigenvalue weighted by molar-refractivity contribution is -0.129. The Hall–Kier alpha value is -1.93. The summed E-state index contributed by atoms with van der Waals surface area (Å²) in [5.41, 5.74) is 0.194. The van der Waals surface area contributed by atoms with Crippen molar-refractivity contribution in [1.29, 1.82) is 0 Å². The number of nitrogens with one attached hydrogen (secondary N) is 2. The topological polar surface area (TPSA) is 102 Å². The molecule has 0 aromatic heterocycles. The van der Waals surface area contributed by atoms with E-state index in [1.54, 1.807) is 6.92 Å². The van der Waals surface area contributed by atoms with E-state index in [1.165, 1.54) is 44.0 Å². The van der Waals surface area contributed by atoms with Crippen LogP contribution in [0.3, 0.4) is 0 Å². The maximum absolute atomic E-state index is 12.3. The van der Waals surface area contributed by atoms with Crippen LogP contribution in [0.1, 0.15) is 62.7 Å². The molecule has 27 heavy (non-hydrogen) atoms. The average molecular weight is 397 g/mol. The number of sulfonamides is 1. The summed E-state index contributed by atoms with van der Waals surface area (Å²) in [7, 11) is -3.57. The van der Waals surface area contributed by atoms with Gasteiger partial charge < -0.3 is 10.1 Å². The molecule has 2 N–H and O–H groups in total. The van der Waals surface area contributed by atoms with Crippen LogP contribution in [0.4, 0.5) is 0 Å². The van der Waals surface area contributed by atoms with Crippen LogP contribution in [0.5, 0.6) is 0 Å². The summed E-state index contributed by atoms with van der Waals surface area (Å²) in [6.45, 7) is 3.50. The van der Waals surface area contributed by atoms with Gasteiger partial charge in [0.15, 0.2) is 6.10 Å². The maximum Gasteiger partial charge on any atom is 0.338 e. The highest BCUT2D eigenvalue weighted by atomic mass is 32.2. The second-order valence-electron chi connectivity index (χ2n) is 6.77. The van der Waals surface area contributed by atoms with Gasteiger partial charge in [0.2, 0.25) is 10.0 Å². The molecule has 1 saturated carbocycles. The lowest BCUT2D eigenvalue weighted by Crippen LogP contribution is -2.41. The lowest BCUT2D eigenvalue weighted by Gasteiger charge is -2.19. The monoisotopic (exact) mass is 396 g/mol. The van der Waals surface area contributed by atoms with Gasteiger partial charge in [0, 0.05) is 12.6 Å². The van der Waals surface area contributed by atoms with Crippen molar-refractivity contribution in [2.75, 3.05) is 6.54 Å². The molecule has 1 fully saturated rings. The van der Waals surface area contributed by atoms with Gasteiger partial charge in [0.05, 0.1) is 10.5 Å². The molecule has 1 atom stereocenters. The third kappa shape index (κ3) is 6.32. The molecule has 7 nitrogen and oxygen atoms in total. The van der Waals surface area contributed by atoms with Crippen molar-refractivity contribution in [1.82, 2.24) is 10.0 Å². The second-order valence-corrected chi connectivity index (χ2v) is 8.54. The van der Waals surface area contributed by atoms with Gasteiger partial charge in [-0.3, -0.25) is 4.79 Å². The number of ether oxygens (including phenoxy) is 1. The van der Waals surface area contributed by atoms with Crippen LogP contribution in [0.15, 0.2) is 29.2 Å². The van der Waals surface area contributed by atoms with Crippen LogP contribution >= 0.6 is 0 Å². The Bertz CT molecular complexity index is 738. The van der Waals surface area contributed by atoms with Crippen LogP contribution in [0.2, 0.25) is 0 Å². The standard InChI is InChI=1S/C19H28N2O5S/c1-3-20-27(24,25)17-12-10-15(11-13-17)19(23)26-14(2)18(22)21-16-8-6-4-5-7-9-16/h10-14,16,20H,3-9H2,1-2H3,(H,21,22)/t14-/m1/s1. The number of amides is 1. The third-order valence-corrected chi connectivity index (χ3v) is 6.15. The van der Waals surface area contributed by atoms with Crippen LogP contribution in [-0.4, -0.2) is 39.0 Å². The molecule has 0 spiro atoms. The predicted molar refractivity (Wildman–Crippen MR) is 102 cm³/mol. The van der Waals surface area contributed by atoms with Crippen molar-refractivity contribution in [2.24, 2.45) is 0 Å². The summed E-state index contributed by atoms with van der Waals surface area (Å²) in [4.78, 5) is 24.6. The molecule has 0 radical (unpaired) electrons. The quantitative estimate of drug-likeness (QED) is 0.544. The van der Waals surface area contributed by atoms with E-state index in [1.807, 2.05) is 0 Å². The predicted octanol–water partition coefficient (Wildman–Crippen LogP) is 2.37. The maximum atomic E-state index is 12.3. The Morgan fingerprint density at radius 1 is 1.11 bits per heavy atom. The molecule has 150 valence electrons. The van der Waals surface area contributed by atoms with Crippen LogP contribution < -0.4 is 10.0 Å². The van der Waals surface area contributed by atoms with E-state index in [0.717, 1.165) is 25.7 Å². The summed E-state index contributed by atoms with van der Waals surface area (Å²) in [6.07, 6.45) is 5.57. The first-order valence-corrected chi connectivity index (χ1v) is 10.9. The lowest BCUT2D eigenvalue weighted by atomic mass is 10.1. The van der Waals surface area contributed by atoms with Gasteiger partial charge in [0.1, 0.15) is 0 Å². The number of rotatable bonds is 7. The van der Waals surface area contributed by atoms with E-state index in [-0.39, 0.29) is 29.0 Å². The number of carbonyl (C=O) groups excluding carboxylic acids is 2. The molecule has 1 aromatic rings. The zero-order valence-electron chi connectivity index (χ0n) is 15.9. The van der Waals surface area contributed by atoms with Gasteiger partial charge in [-0.05, 0) is 44.0 Å². The van der Waals surface area contributed by atoms with Gasteiger partial charge in [-0.1, -0.05) is 32.6 Å². The highest BCUT2D eigenvalue weighted by Crippen LogP contribution is 2.17. The van der Waals surface area contributed by atoms with Crippen LogP contribution in [0, 0.1) is 0 Å². The van der Waals surface area contributed by atoms with Gasteiger partial charge in [-0.25, -0.2) is 17.9 Å². The number of carbonyl (C=O) groups is 2. The molecule has 0 bridgehead atoms.